The van der Waals surface area contributed by atoms with Crippen LogP contribution >= 0.6 is 89.2 Å². The maximum absolute atomic E-state index is 6.08. The average molecular weight is 558 g/mol. The van der Waals surface area contributed by atoms with Gasteiger partial charge in [0.05, 0.1) is 6.20 Å². The Morgan fingerprint density at radius 3 is 2.76 bits per heavy atom. The van der Waals surface area contributed by atoms with E-state index in [1.165, 1.54) is 28.0 Å². The Morgan fingerprint density at radius 2 is 2.16 bits per heavy atom. The average Bonchev–Trinajstić information content (AvgIpc) is 3.32. The summed E-state index contributed by atoms with van der Waals surface area (Å²) in [7, 11) is 2.03. The number of hydrazone groups is 1. The molecule has 0 amide bonds. The van der Waals surface area contributed by atoms with E-state index in [2.05, 4.69) is 58.2 Å². The van der Waals surface area contributed by atoms with E-state index in [1.54, 1.807) is 28.9 Å². The van der Waals surface area contributed by atoms with E-state index in [0.29, 0.717) is 4.34 Å². The van der Waals surface area contributed by atoms with E-state index in [4.69, 9.17) is 16.7 Å². The lowest BCUT2D eigenvalue weighted by molar-refractivity contribution is 0.408. The van der Waals surface area contributed by atoms with Crippen LogP contribution in [0.25, 0.3) is 0 Å². The molecule has 0 radical (unpaired) electrons. The first-order valence-electron chi connectivity index (χ1n) is 6.78. The fraction of sp³-hybridized carbons (Fsp3) is 0.154. The lowest BCUT2D eigenvalue weighted by atomic mass is 10.3. The highest BCUT2D eigenvalue weighted by molar-refractivity contribution is 9.13. The number of aromatic nitrogens is 2. The summed E-state index contributed by atoms with van der Waals surface area (Å²) in [4.78, 5) is 12.2. The summed E-state index contributed by atoms with van der Waals surface area (Å²) in [5, 5.41) is 10.4. The second kappa shape index (κ2) is 7.45. The number of hydrogen-bond acceptors (Lipinski definition) is 9. The van der Waals surface area contributed by atoms with Gasteiger partial charge in [-0.1, -0.05) is 40.3 Å². The van der Waals surface area contributed by atoms with Crippen molar-refractivity contribution in [2.45, 2.75) is 10.5 Å². The second-order valence-electron chi connectivity index (χ2n) is 4.82. The molecule has 1 aliphatic rings. The standard InChI is InChI=1S/C13H8Br2ClN5S4/c1-20-10(6-3-2-4-22-6)21(11-17-5-7(16)23-11)19-12(20)25-13-18-8(14)9(15)24-13/h2-5,10H,1H3. The SMILES string of the molecule is CN1C(Sc2nc(Br)c(Br)s2)=NN(c2ncc(Cl)s2)C1c1cccs1. The van der Waals surface area contributed by atoms with Crippen LogP contribution in [0.3, 0.4) is 0 Å². The Kier molecular flexibility index (Phi) is 5.43. The lowest BCUT2D eigenvalue weighted by Crippen LogP contribution is -2.30. The molecule has 1 unspecified atom stereocenters. The molecule has 1 atom stereocenters. The summed E-state index contributed by atoms with van der Waals surface area (Å²) >= 11 is 19.2. The smallest absolute Gasteiger partial charge is 0.209 e. The Bertz CT molecular complexity index is 905. The number of thiazole rings is 2. The normalized spacial score (nSPS) is 17.4. The number of amidine groups is 1. The van der Waals surface area contributed by atoms with Gasteiger partial charge in [-0.2, -0.15) is 0 Å². The van der Waals surface area contributed by atoms with Gasteiger partial charge in [-0.3, -0.25) is 0 Å². The molecule has 12 heteroatoms. The van der Waals surface area contributed by atoms with E-state index >= 15 is 0 Å². The lowest BCUT2D eigenvalue weighted by Gasteiger charge is -2.26. The summed E-state index contributed by atoms with van der Waals surface area (Å²) in [6.45, 7) is 0. The van der Waals surface area contributed by atoms with Crippen LogP contribution in [0.4, 0.5) is 5.13 Å². The third kappa shape index (κ3) is 3.64. The van der Waals surface area contributed by atoms with Crippen molar-refractivity contribution in [2.24, 2.45) is 5.10 Å². The number of hydrogen-bond donors (Lipinski definition) is 0. The zero-order valence-corrected chi connectivity index (χ0v) is 19.6. The van der Waals surface area contributed by atoms with Crippen LogP contribution in [0.5, 0.6) is 0 Å². The molecule has 0 N–H and O–H groups in total. The van der Waals surface area contributed by atoms with Crippen molar-refractivity contribution in [3.63, 3.8) is 0 Å². The quantitative estimate of drug-likeness (QED) is 0.375. The molecule has 0 fully saturated rings. The molecule has 4 rings (SSSR count). The number of nitrogens with zero attached hydrogens (tertiary/aromatic N) is 5. The Labute approximate surface area is 182 Å². The monoisotopic (exact) mass is 555 g/mol. The van der Waals surface area contributed by atoms with Crippen molar-refractivity contribution in [3.8, 4) is 0 Å². The van der Waals surface area contributed by atoms with Crippen LogP contribution in [0.15, 0.2) is 41.5 Å². The molecule has 25 heavy (non-hydrogen) atoms. The van der Waals surface area contributed by atoms with Gasteiger partial charge in [-0.25, -0.2) is 15.0 Å². The number of rotatable bonds is 3. The topological polar surface area (TPSA) is 44.6 Å². The van der Waals surface area contributed by atoms with Crippen LogP contribution in [-0.4, -0.2) is 27.1 Å². The van der Waals surface area contributed by atoms with Gasteiger partial charge in [0.1, 0.15) is 12.7 Å². The predicted octanol–water partition coefficient (Wildman–Crippen LogP) is 6.35. The number of halogens is 3. The molecule has 3 aromatic rings. The summed E-state index contributed by atoms with van der Waals surface area (Å²) in [6, 6.07) is 4.15. The molecule has 0 saturated heterocycles. The van der Waals surface area contributed by atoms with Crippen molar-refractivity contribution in [1.82, 2.24) is 14.9 Å². The predicted molar refractivity (Wildman–Crippen MR) is 115 cm³/mol. The van der Waals surface area contributed by atoms with Gasteiger partial charge in [0.15, 0.2) is 15.7 Å². The van der Waals surface area contributed by atoms with Crippen LogP contribution in [-0.2, 0) is 0 Å². The maximum atomic E-state index is 6.08. The minimum absolute atomic E-state index is 0.0449. The fourth-order valence-corrected chi connectivity index (χ4v) is 7.19. The largest absolute Gasteiger partial charge is 0.326 e. The number of anilines is 1. The molecule has 3 aromatic heterocycles. The van der Waals surface area contributed by atoms with Gasteiger partial charge in [-0.15, -0.1) is 16.4 Å². The molecule has 1 aliphatic heterocycles. The van der Waals surface area contributed by atoms with Gasteiger partial charge >= 0.3 is 0 Å². The third-order valence-corrected chi connectivity index (χ3v) is 9.46. The zero-order chi connectivity index (χ0) is 17.6. The van der Waals surface area contributed by atoms with Crippen LogP contribution in [0.1, 0.15) is 11.0 Å². The fourth-order valence-electron chi connectivity index (χ4n) is 2.21. The van der Waals surface area contributed by atoms with Crippen LogP contribution in [0.2, 0.25) is 4.34 Å². The Hall–Kier alpha value is -0.170. The highest BCUT2D eigenvalue weighted by Gasteiger charge is 2.37. The molecule has 4 heterocycles. The molecular weight excluding hydrogens is 550 g/mol. The Balaban J connectivity index is 1.69. The third-order valence-electron chi connectivity index (χ3n) is 3.26. The molecule has 0 aromatic carbocycles. The summed E-state index contributed by atoms with van der Waals surface area (Å²) in [6.07, 6.45) is 1.61. The first-order valence-corrected chi connectivity index (χ1v) is 12.1. The van der Waals surface area contributed by atoms with E-state index < -0.39 is 0 Å². The van der Waals surface area contributed by atoms with Gasteiger partial charge in [0.2, 0.25) is 5.13 Å². The van der Waals surface area contributed by atoms with Crippen molar-refractivity contribution >= 4 is 99.5 Å². The molecule has 0 aliphatic carbocycles. The van der Waals surface area contributed by atoms with Crippen LogP contribution in [0, 0.1) is 0 Å². The van der Waals surface area contributed by atoms with Crippen molar-refractivity contribution in [2.75, 3.05) is 12.1 Å². The van der Waals surface area contributed by atoms with Gasteiger partial charge in [0, 0.05) is 11.9 Å². The van der Waals surface area contributed by atoms with E-state index in [9.17, 15) is 0 Å². The van der Waals surface area contributed by atoms with E-state index in [1.807, 2.05) is 18.1 Å². The number of thiophene rings is 1. The van der Waals surface area contributed by atoms with E-state index in [-0.39, 0.29) is 6.17 Å². The van der Waals surface area contributed by atoms with Crippen LogP contribution < -0.4 is 5.01 Å². The van der Waals surface area contributed by atoms with Gasteiger partial charge < -0.3 is 4.90 Å². The summed E-state index contributed by atoms with van der Waals surface area (Å²) < 4.78 is 3.33. The first kappa shape index (κ1) is 18.2. The maximum Gasteiger partial charge on any atom is 0.209 e. The van der Waals surface area contributed by atoms with Crippen molar-refractivity contribution in [1.29, 1.82) is 0 Å². The highest BCUT2D eigenvalue weighted by Crippen LogP contribution is 2.43. The van der Waals surface area contributed by atoms with E-state index in [0.717, 1.165) is 23.0 Å². The zero-order valence-electron chi connectivity index (χ0n) is 12.4. The summed E-state index contributed by atoms with van der Waals surface area (Å²) in [5.41, 5.74) is 0. The van der Waals surface area contributed by atoms with Gasteiger partial charge in [0.25, 0.3) is 0 Å². The molecule has 0 spiro atoms. The minimum atomic E-state index is -0.0449. The highest BCUT2D eigenvalue weighted by atomic mass is 79.9. The van der Waals surface area contributed by atoms with Crippen molar-refractivity contribution in [3.05, 3.63) is 41.3 Å². The molecule has 0 saturated carbocycles. The molecule has 130 valence electrons. The molecule has 5 nitrogen and oxygen atoms in total. The first-order chi connectivity index (χ1) is 12.0. The molecule has 0 bridgehead atoms. The Morgan fingerprint density at radius 1 is 1.32 bits per heavy atom. The molecular formula is C13H8Br2ClN5S4. The van der Waals surface area contributed by atoms with Gasteiger partial charge in [-0.05, 0) is 55.1 Å². The minimum Gasteiger partial charge on any atom is -0.326 e. The second-order valence-corrected chi connectivity index (χ2v) is 11.7. The number of thioether (sulfide) groups is 1. The van der Waals surface area contributed by atoms with Crippen molar-refractivity contribution < 1.29 is 0 Å². The summed E-state index contributed by atoms with van der Waals surface area (Å²) in [5.74, 6) is 0.